The van der Waals surface area contributed by atoms with Gasteiger partial charge in [0, 0.05) is 25.7 Å². The van der Waals surface area contributed by atoms with Gasteiger partial charge in [0.05, 0.1) is 6.61 Å². The van der Waals surface area contributed by atoms with Gasteiger partial charge in [-0.15, -0.1) is 0 Å². The maximum absolute atomic E-state index is 5.50. The summed E-state index contributed by atoms with van der Waals surface area (Å²) < 4.78 is 5.50. The second kappa shape index (κ2) is 7.21. The predicted molar refractivity (Wildman–Crippen MR) is 81.6 cm³/mol. The second-order valence-electron chi connectivity index (χ2n) is 6.09. The smallest absolute Gasteiger partial charge is 0.0619 e. The molecule has 1 unspecified atom stereocenters. The van der Waals surface area contributed by atoms with Gasteiger partial charge in [0.15, 0.2) is 0 Å². The maximum Gasteiger partial charge on any atom is 0.0619 e. The lowest BCUT2D eigenvalue weighted by Crippen LogP contribution is -2.36. The summed E-state index contributed by atoms with van der Waals surface area (Å²) in [7, 11) is 0. The zero-order valence-corrected chi connectivity index (χ0v) is 12.3. The van der Waals surface area contributed by atoms with Crippen molar-refractivity contribution in [2.75, 3.05) is 26.3 Å². The number of rotatable bonds is 5. The van der Waals surface area contributed by atoms with Crippen LogP contribution in [0.1, 0.15) is 36.8 Å². The van der Waals surface area contributed by atoms with Crippen molar-refractivity contribution < 1.29 is 4.74 Å². The van der Waals surface area contributed by atoms with Crippen LogP contribution in [0.25, 0.3) is 0 Å². The van der Waals surface area contributed by atoms with Crippen molar-refractivity contribution in [3.8, 4) is 0 Å². The highest BCUT2D eigenvalue weighted by Gasteiger charge is 2.13. The van der Waals surface area contributed by atoms with Crippen molar-refractivity contribution in [2.24, 2.45) is 0 Å². The summed E-state index contributed by atoms with van der Waals surface area (Å²) in [4.78, 5) is 2.55. The van der Waals surface area contributed by atoms with E-state index in [9.17, 15) is 0 Å². The van der Waals surface area contributed by atoms with Gasteiger partial charge in [-0.2, -0.15) is 0 Å². The van der Waals surface area contributed by atoms with Crippen LogP contribution >= 0.6 is 0 Å². The highest BCUT2D eigenvalue weighted by Crippen LogP contribution is 2.14. The summed E-state index contributed by atoms with van der Waals surface area (Å²) in [6.45, 7) is 6.41. The Morgan fingerprint density at radius 2 is 1.80 bits per heavy atom. The summed E-state index contributed by atoms with van der Waals surface area (Å²) >= 11 is 0. The summed E-state index contributed by atoms with van der Waals surface area (Å²) in [5.41, 5.74) is 2.82. The highest BCUT2D eigenvalue weighted by atomic mass is 16.5. The summed E-state index contributed by atoms with van der Waals surface area (Å²) in [5, 5.41) is 3.60. The Balaban J connectivity index is 1.45. The molecular formula is C17H26N2O. The van der Waals surface area contributed by atoms with Gasteiger partial charge < -0.3 is 10.1 Å². The van der Waals surface area contributed by atoms with Gasteiger partial charge in [0.2, 0.25) is 0 Å². The van der Waals surface area contributed by atoms with Crippen LogP contribution in [0, 0.1) is 0 Å². The predicted octanol–water partition coefficient (Wildman–Crippen LogP) is 2.55. The molecule has 3 rings (SSSR count). The lowest BCUT2D eigenvalue weighted by molar-refractivity contribution is 0.0699. The maximum atomic E-state index is 5.50. The molecule has 0 spiro atoms. The quantitative estimate of drug-likeness (QED) is 0.893. The zero-order valence-electron chi connectivity index (χ0n) is 12.3. The molecule has 110 valence electrons. The second-order valence-corrected chi connectivity index (χ2v) is 6.09. The minimum Gasteiger partial charge on any atom is -0.380 e. The van der Waals surface area contributed by atoms with Crippen LogP contribution < -0.4 is 5.32 Å². The van der Waals surface area contributed by atoms with E-state index in [1.54, 1.807) is 0 Å². The van der Waals surface area contributed by atoms with Gasteiger partial charge >= 0.3 is 0 Å². The molecule has 2 aliphatic rings. The lowest BCUT2D eigenvalue weighted by atomic mass is 10.1. The van der Waals surface area contributed by atoms with E-state index in [2.05, 4.69) is 34.5 Å². The van der Waals surface area contributed by atoms with Crippen molar-refractivity contribution in [2.45, 2.75) is 44.8 Å². The lowest BCUT2D eigenvalue weighted by Gasteiger charge is -2.23. The molecule has 0 radical (unpaired) electrons. The monoisotopic (exact) mass is 274 g/mol. The van der Waals surface area contributed by atoms with Crippen LogP contribution in [0.2, 0.25) is 0 Å². The number of hydrogen-bond donors (Lipinski definition) is 1. The molecule has 1 aromatic rings. The summed E-state index contributed by atoms with van der Waals surface area (Å²) in [6, 6.07) is 9.64. The van der Waals surface area contributed by atoms with Gasteiger partial charge in [0.25, 0.3) is 0 Å². The highest BCUT2D eigenvalue weighted by molar-refractivity contribution is 5.22. The normalized spacial score (nSPS) is 24.1. The minimum absolute atomic E-state index is 0.535. The number of likely N-dealkylation sites (tertiary alicyclic amines) is 1. The van der Waals surface area contributed by atoms with E-state index >= 15 is 0 Å². The van der Waals surface area contributed by atoms with Crippen LogP contribution in [-0.4, -0.2) is 37.2 Å². The third-order valence-electron chi connectivity index (χ3n) is 4.38. The molecule has 2 heterocycles. The Kier molecular flexibility index (Phi) is 5.06. The van der Waals surface area contributed by atoms with Crippen molar-refractivity contribution in [1.82, 2.24) is 10.2 Å². The molecule has 2 fully saturated rings. The van der Waals surface area contributed by atoms with Crippen LogP contribution in [0.3, 0.4) is 0 Å². The zero-order chi connectivity index (χ0) is 13.6. The SMILES string of the molecule is c1cc(CN2CCCC2)ccc1CNC1CCCOC1. The average molecular weight is 274 g/mol. The molecule has 0 amide bonds. The van der Waals surface area contributed by atoms with Gasteiger partial charge in [-0.1, -0.05) is 24.3 Å². The number of ether oxygens (including phenoxy) is 1. The standard InChI is InChI=1S/C17H26N2O/c1-2-10-19(9-1)13-16-7-5-15(6-8-16)12-18-17-4-3-11-20-14-17/h5-8,17-18H,1-4,9-14H2. The largest absolute Gasteiger partial charge is 0.380 e. The molecule has 3 heteroatoms. The molecule has 2 saturated heterocycles. The van der Waals surface area contributed by atoms with Crippen LogP contribution in [0.4, 0.5) is 0 Å². The number of benzene rings is 1. The number of nitrogens with zero attached hydrogens (tertiary/aromatic N) is 1. The van der Waals surface area contributed by atoms with Crippen molar-refractivity contribution >= 4 is 0 Å². The Labute approximate surface area is 122 Å². The molecule has 1 aromatic carbocycles. The van der Waals surface area contributed by atoms with Gasteiger partial charge in [-0.05, 0) is 49.9 Å². The molecule has 0 aromatic heterocycles. The van der Waals surface area contributed by atoms with Crippen molar-refractivity contribution in [1.29, 1.82) is 0 Å². The van der Waals surface area contributed by atoms with E-state index in [4.69, 9.17) is 4.74 Å². The first kappa shape index (κ1) is 14.1. The third kappa shape index (κ3) is 4.05. The molecule has 0 saturated carbocycles. The van der Waals surface area contributed by atoms with E-state index < -0.39 is 0 Å². The molecule has 0 bridgehead atoms. The first-order valence-electron chi connectivity index (χ1n) is 8.01. The third-order valence-corrected chi connectivity index (χ3v) is 4.38. The molecule has 0 aliphatic carbocycles. The Hall–Kier alpha value is -0.900. The average Bonchev–Trinajstić information content (AvgIpc) is 3.01. The summed E-state index contributed by atoms with van der Waals surface area (Å²) in [5.74, 6) is 0. The van der Waals surface area contributed by atoms with Crippen molar-refractivity contribution in [3.05, 3.63) is 35.4 Å². The fraction of sp³-hybridized carbons (Fsp3) is 0.647. The Morgan fingerprint density at radius 1 is 1.05 bits per heavy atom. The van der Waals surface area contributed by atoms with Gasteiger partial charge in [-0.3, -0.25) is 4.90 Å². The van der Waals surface area contributed by atoms with Crippen molar-refractivity contribution in [3.63, 3.8) is 0 Å². The van der Waals surface area contributed by atoms with E-state index in [0.717, 1.165) is 26.3 Å². The fourth-order valence-corrected chi connectivity index (χ4v) is 3.13. The summed E-state index contributed by atoms with van der Waals surface area (Å²) in [6.07, 6.45) is 5.16. The van der Waals surface area contributed by atoms with Gasteiger partial charge in [0.1, 0.15) is 0 Å². The van der Waals surface area contributed by atoms with Crippen LogP contribution in [0.5, 0.6) is 0 Å². The molecule has 1 atom stereocenters. The first-order chi connectivity index (χ1) is 9.90. The van der Waals surface area contributed by atoms with E-state index in [-0.39, 0.29) is 0 Å². The van der Waals surface area contributed by atoms with E-state index in [1.165, 1.54) is 49.9 Å². The number of nitrogens with one attached hydrogen (secondary N) is 1. The molecular weight excluding hydrogens is 248 g/mol. The molecule has 20 heavy (non-hydrogen) atoms. The van der Waals surface area contributed by atoms with E-state index in [1.807, 2.05) is 0 Å². The van der Waals surface area contributed by atoms with E-state index in [0.29, 0.717) is 6.04 Å². The van der Waals surface area contributed by atoms with Gasteiger partial charge in [-0.25, -0.2) is 0 Å². The minimum atomic E-state index is 0.535. The topological polar surface area (TPSA) is 24.5 Å². The van der Waals surface area contributed by atoms with Crippen LogP contribution in [-0.2, 0) is 17.8 Å². The van der Waals surface area contributed by atoms with Crippen LogP contribution in [0.15, 0.2) is 24.3 Å². The molecule has 2 aliphatic heterocycles. The Morgan fingerprint density at radius 3 is 2.50 bits per heavy atom. The Bertz CT molecular complexity index is 392. The molecule has 3 nitrogen and oxygen atoms in total. The first-order valence-corrected chi connectivity index (χ1v) is 8.01. The fourth-order valence-electron chi connectivity index (χ4n) is 3.13. The number of hydrogen-bond acceptors (Lipinski definition) is 3. The molecule has 1 N–H and O–H groups in total.